The van der Waals surface area contributed by atoms with Crippen LogP contribution in [0.15, 0.2) is 29.1 Å². The zero-order chi connectivity index (χ0) is 17.8. The molecule has 0 aliphatic heterocycles. The van der Waals surface area contributed by atoms with Crippen LogP contribution in [0, 0.1) is 5.92 Å². The van der Waals surface area contributed by atoms with E-state index >= 15 is 0 Å². The second kappa shape index (κ2) is 7.72. The topological polar surface area (TPSA) is 62.4 Å². The maximum atomic E-state index is 12.8. The molecule has 134 valence electrons. The van der Waals surface area contributed by atoms with Crippen molar-refractivity contribution in [1.29, 1.82) is 0 Å². The number of nitrogens with one attached hydrogen (secondary N) is 1. The molecule has 25 heavy (non-hydrogen) atoms. The summed E-state index contributed by atoms with van der Waals surface area (Å²) < 4.78 is 5.20. The predicted octanol–water partition coefficient (Wildman–Crippen LogP) is 3.47. The van der Waals surface area contributed by atoms with Crippen molar-refractivity contribution in [2.24, 2.45) is 5.92 Å². The third-order valence-electron chi connectivity index (χ3n) is 5.14. The van der Waals surface area contributed by atoms with Crippen LogP contribution in [0.1, 0.15) is 44.6 Å². The Bertz CT molecular complexity index is 806. The lowest BCUT2D eigenvalue weighted by Crippen LogP contribution is -2.37. The molecule has 1 amide bonds. The first-order valence-corrected chi connectivity index (χ1v) is 9.11. The number of hydrogen-bond donors (Lipinski definition) is 1. The van der Waals surface area contributed by atoms with E-state index in [0.29, 0.717) is 24.4 Å². The van der Waals surface area contributed by atoms with E-state index < -0.39 is 0 Å². The van der Waals surface area contributed by atoms with Gasteiger partial charge in [0.1, 0.15) is 5.75 Å². The summed E-state index contributed by atoms with van der Waals surface area (Å²) in [6, 6.07) is 7.48. The van der Waals surface area contributed by atoms with Crippen molar-refractivity contribution < 1.29 is 9.53 Å². The van der Waals surface area contributed by atoms with Crippen LogP contribution in [-0.4, -0.2) is 29.4 Å². The van der Waals surface area contributed by atoms with E-state index in [1.54, 1.807) is 7.11 Å². The molecule has 0 saturated heterocycles. The zero-order valence-corrected chi connectivity index (χ0v) is 15.0. The molecule has 1 aliphatic rings. The number of benzene rings is 1. The summed E-state index contributed by atoms with van der Waals surface area (Å²) in [5, 5.41) is 0.941. The molecule has 5 nitrogen and oxygen atoms in total. The van der Waals surface area contributed by atoms with E-state index in [1.165, 1.54) is 6.42 Å². The van der Waals surface area contributed by atoms with E-state index in [0.717, 1.165) is 36.6 Å². The number of nitrogens with zero attached hydrogens (tertiary/aromatic N) is 1. The highest BCUT2D eigenvalue weighted by Gasteiger charge is 2.25. The molecule has 2 aromatic rings. The monoisotopic (exact) mass is 342 g/mol. The third-order valence-corrected chi connectivity index (χ3v) is 5.14. The first-order chi connectivity index (χ1) is 12.1. The molecular weight excluding hydrogens is 316 g/mol. The average molecular weight is 342 g/mol. The lowest BCUT2D eigenvalue weighted by Gasteiger charge is -2.28. The minimum absolute atomic E-state index is 0.123. The summed E-state index contributed by atoms with van der Waals surface area (Å²) >= 11 is 0. The van der Waals surface area contributed by atoms with Crippen molar-refractivity contribution in [3.8, 4) is 5.75 Å². The molecule has 1 aromatic heterocycles. The molecule has 0 atom stereocenters. The normalized spacial score (nSPS) is 15.3. The van der Waals surface area contributed by atoms with Crippen LogP contribution in [0.4, 0.5) is 0 Å². The van der Waals surface area contributed by atoms with Gasteiger partial charge in [-0.2, -0.15) is 0 Å². The van der Waals surface area contributed by atoms with E-state index in [2.05, 4.69) is 4.98 Å². The van der Waals surface area contributed by atoms with Gasteiger partial charge in [-0.1, -0.05) is 19.3 Å². The molecule has 1 aromatic carbocycles. The van der Waals surface area contributed by atoms with Gasteiger partial charge in [-0.05, 0) is 43.4 Å². The van der Waals surface area contributed by atoms with Gasteiger partial charge >= 0.3 is 0 Å². The smallest absolute Gasteiger partial charge is 0.253 e. The van der Waals surface area contributed by atoms with Crippen molar-refractivity contribution in [3.05, 3.63) is 40.2 Å². The molecule has 1 fully saturated rings. The van der Waals surface area contributed by atoms with Crippen LogP contribution in [-0.2, 0) is 11.3 Å². The van der Waals surface area contributed by atoms with Crippen LogP contribution < -0.4 is 10.3 Å². The first kappa shape index (κ1) is 17.5. The van der Waals surface area contributed by atoms with E-state index in [9.17, 15) is 9.59 Å². The number of rotatable bonds is 5. The Morgan fingerprint density at radius 2 is 2.00 bits per heavy atom. The van der Waals surface area contributed by atoms with Crippen LogP contribution in [0.5, 0.6) is 5.75 Å². The van der Waals surface area contributed by atoms with E-state index in [-0.39, 0.29) is 17.4 Å². The maximum Gasteiger partial charge on any atom is 0.253 e. The molecule has 3 rings (SSSR count). The molecule has 0 spiro atoms. The number of aromatic amines is 1. The van der Waals surface area contributed by atoms with Crippen LogP contribution >= 0.6 is 0 Å². The number of carbonyl (C=O) groups excluding carboxylic acids is 1. The van der Waals surface area contributed by atoms with Crippen molar-refractivity contribution in [2.75, 3.05) is 13.7 Å². The predicted molar refractivity (Wildman–Crippen MR) is 98.8 cm³/mol. The summed E-state index contributed by atoms with van der Waals surface area (Å²) in [5.74, 6) is 1.02. The van der Waals surface area contributed by atoms with Crippen LogP contribution in [0.25, 0.3) is 10.9 Å². The molecule has 0 radical (unpaired) electrons. The quantitative estimate of drug-likeness (QED) is 0.905. The van der Waals surface area contributed by atoms with Crippen molar-refractivity contribution in [2.45, 2.75) is 45.6 Å². The zero-order valence-electron chi connectivity index (χ0n) is 15.0. The van der Waals surface area contributed by atoms with Gasteiger partial charge in [-0.25, -0.2) is 0 Å². The van der Waals surface area contributed by atoms with Gasteiger partial charge in [0.2, 0.25) is 5.91 Å². The Morgan fingerprint density at radius 1 is 1.24 bits per heavy atom. The van der Waals surface area contributed by atoms with E-state index in [4.69, 9.17) is 4.74 Å². The fraction of sp³-hybridized carbons (Fsp3) is 0.500. The van der Waals surface area contributed by atoms with E-state index in [1.807, 2.05) is 36.1 Å². The Labute approximate surface area is 148 Å². The Balaban J connectivity index is 1.83. The Kier molecular flexibility index (Phi) is 5.41. The molecule has 1 saturated carbocycles. The fourth-order valence-corrected chi connectivity index (χ4v) is 3.63. The van der Waals surface area contributed by atoms with Gasteiger partial charge in [0.05, 0.1) is 19.2 Å². The molecule has 1 heterocycles. The van der Waals surface area contributed by atoms with Gasteiger partial charge in [-0.15, -0.1) is 0 Å². The van der Waals surface area contributed by atoms with Crippen molar-refractivity contribution in [3.63, 3.8) is 0 Å². The summed E-state index contributed by atoms with van der Waals surface area (Å²) in [5.41, 5.74) is 1.23. The second-order valence-electron chi connectivity index (χ2n) is 6.76. The SMILES string of the molecule is CCN(Cc1cc2ccc(OC)cc2[nH]c1=O)C(=O)C1CCCCC1. The molecule has 0 bridgehead atoms. The number of amides is 1. The van der Waals surface area contributed by atoms with Gasteiger partial charge in [0.15, 0.2) is 0 Å². The van der Waals surface area contributed by atoms with Gasteiger partial charge in [-0.3, -0.25) is 9.59 Å². The minimum atomic E-state index is -0.143. The lowest BCUT2D eigenvalue weighted by atomic mass is 9.88. The fourth-order valence-electron chi connectivity index (χ4n) is 3.63. The van der Waals surface area contributed by atoms with Crippen molar-refractivity contribution >= 4 is 16.8 Å². The minimum Gasteiger partial charge on any atom is -0.497 e. The number of pyridine rings is 1. The lowest BCUT2D eigenvalue weighted by molar-refractivity contribution is -0.137. The highest BCUT2D eigenvalue weighted by atomic mass is 16.5. The van der Waals surface area contributed by atoms with Crippen molar-refractivity contribution in [1.82, 2.24) is 9.88 Å². The third kappa shape index (κ3) is 3.86. The Morgan fingerprint density at radius 3 is 2.68 bits per heavy atom. The molecule has 0 unspecified atom stereocenters. The summed E-state index contributed by atoms with van der Waals surface area (Å²) in [4.78, 5) is 30.0. The highest BCUT2D eigenvalue weighted by molar-refractivity contribution is 5.81. The molecule has 1 aliphatic carbocycles. The number of hydrogen-bond acceptors (Lipinski definition) is 3. The number of fused-ring (bicyclic) bond motifs is 1. The highest BCUT2D eigenvalue weighted by Crippen LogP contribution is 2.26. The van der Waals surface area contributed by atoms with Gasteiger partial charge in [0, 0.05) is 24.1 Å². The number of aromatic nitrogens is 1. The average Bonchev–Trinajstić information content (AvgIpc) is 2.66. The van der Waals surface area contributed by atoms with Gasteiger partial charge in [0.25, 0.3) is 5.56 Å². The summed E-state index contributed by atoms with van der Waals surface area (Å²) in [6.07, 6.45) is 5.44. The Hall–Kier alpha value is -2.30. The number of H-pyrrole nitrogens is 1. The van der Waals surface area contributed by atoms with Crippen LogP contribution in [0.2, 0.25) is 0 Å². The molecule has 1 N–H and O–H groups in total. The number of methoxy groups -OCH3 is 1. The standard InChI is InChI=1S/C20H26N2O3/c1-3-22(20(24)14-7-5-4-6-8-14)13-16-11-15-9-10-17(25-2)12-18(15)21-19(16)23/h9-12,14H,3-8,13H2,1-2H3,(H,21,23). The largest absolute Gasteiger partial charge is 0.497 e. The first-order valence-electron chi connectivity index (χ1n) is 9.11. The van der Waals surface area contributed by atoms with Gasteiger partial charge < -0.3 is 14.6 Å². The number of carbonyl (C=O) groups is 1. The second-order valence-corrected chi connectivity index (χ2v) is 6.76. The van der Waals surface area contributed by atoms with Crippen LogP contribution in [0.3, 0.4) is 0 Å². The molecular formula is C20H26N2O3. The summed E-state index contributed by atoms with van der Waals surface area (Å²) in [7, 11) is 1.60. The maximum absolute atomic E-state index is 12.8. The summed E-state index contributed by atoms with van der Waals surface area (Å²) in [6.45, 7) is 2.96. The molecule has 5 heteroatoms. The number of ether oxygens (including phenoxy) is 1.